The zero-order chi connectivity index (χ0) is 21.2. The van der Waals surface area contributed by atoms with E-state index in [0.717, 1.165) is 12.8 Å². The van der Waals surface area contributed by atoms with Crippen LogP contribution in [0.25, 0.3) is 0 Å². The van der Waals surface area contributed by atoms with E-state index in [1.54, 1.807) is 11.8 Å². The van der Waals surface area contributed by atoms with Crippen LogP contribution in [0, 0.1) is 6.92 Å². The number of furan rings is 1. The van der Waals surface area contributed by atoms with Gasteiger partial charge in [0.15, 0.2) is 5.76 Å². The first-order valence-corrected chi connectivity index (χ1v) is 11.5. The second-order valence-corrected chi connectivity index (χ2v) is 9.84. The van der Waals surface area contributed by atoms with Crippen molar-refractivity contribution in [2.45, 2.75) is 44.6 Å². The molecule has 3 heterocycles. The van der Waals surface area contributed by atoms with E-state index in [1.165, 1.54) is 10.4 Å². The summed E-state index contributed by atoms with van der Waals surface area (Å²) in [6.45, 7) is 8.79. The van der Waals surface area contributed by atoms with E-state index < -0.39 is 10.0 Å². The Morgan fingerprint density at radius 2 is 1.72 bits per heavy atom. The molecule has 0 aromatic carbocycles. The highest BCUT2D eigenvalue weighted by atomic mass is 32.2. The predicted octanol–water partition coefficient (Wildman–Crippen LogP) is 0.655. The van der Waals surface area contributed by atoms with Gasteiger partial charge >= 0.3 is 0 Å². The molecule has 10 heteroatoms. The van der Waals surface area contributed by atoms with Gasteiger partial charge in [-0.1, -0.05) is 0 Å². The Bertz CT molecular complexity index is 850. The maximum atomic E-state index is 12.8. The maximum Gasteiger partial charge on any atom is 0.289 e. The van der Waals surface area contributed by atoms with E-state index in [4.69, 9.17) is 4.42 Å². The zero-order valence-electron chi connectivity index (χ0n) is 17.3. The molecule has 2 fully saturated rings. The molecule has 1 aromatic heterocycles. The van der Waals surface area contributed by atoms with Crippen LogP contribution in [0.2, 0.25) is 0 Å². The molecule has 29 heavy (non-hydrogen) atoms. The Labute approximate surface area is 172 Å². The first-order chi connectivity index (χ1) is 13.7. The van der Waals surface area contributed by atoms with Crippen molar-refractivity contribution in [2.24, 2.45) is 0 Å². The van der Waals surface area contributed by atoms with Crippen molar-refractivity contribution < 1.29 is 22.4 Å². The van der Waals surface area contributed by atoms with Gasteiger partial charge in [0.2, 0.25) is 15.9 Å². The molecule has 0 radical (unpaired) electrons. The number of carbonyl (C=O) groups excluding carboxylic acids is 2. The topological polar surface area (TPSA) is 103 Å². The number of piperazine rings is 1. The normalized spacial score (nSPS) is 19.1. The molecule has 162 valence electrons. The van der Waals surface area contributed by atoms with Crippen LogP contribution in [0.15, 0.2) is 15.4 Å². The van der Waals surface area contributed by atoms with E-state index in [1.807, 2.05) is 18.7 Å². The number of aryl methyl sites for hydroxylation is 1. The number of nitrogens with zero attached hydrogens (tertiary/aromatic N) is 3. The summed E-state index contributed by atoms with van der Waals surface area (Å²) in [6, 6.07) is 1.45. The molecular formula is C19H30N4O5S. The lowest BCUT2D eigenvalue weighted by atomic mass is 10.2. The van der Waals surface area contributed by atoms with Gasteiger partial charge in [0, 0.05) is 51.4 Å². The summed E-state index contributed by atoms with van der Waals surface area (Å²) in [5, 5.41) is 2.86. The van der Waals surface area contributed by atoms with Gasteiger partial charge in [0.1, 0.15) is 10.7 Å². The largest absolute Gasteiger partial charge is 0.455 e. The summed E-state index contributed by atoms with van der Waals surface area (Å²) < 4.78 is 32.6. The van der Waals surface area contributed by atoms with Crippen molar-refractivity contribution in [1.82, 2.24) is 19.4 Å². The molecule has 0 spiro atoms. The molecule has 1 N–H and O–H groups in total. The lowest BCUT2D eigenvalue weighted by Gasteiger charge is -2.34. The molecule has 2 aliphatic rings. The summed E-state index contributed by atoms with van der Waals surface area (Å²) in [5.74, 6) is -0.0593. The number of hydrogen-bond donors (Lipinski definition) is 1. The van der Waals surface area contributed by atoms with E-state index in [-0.39, 0.29) is 34.3 Å². The van der Waals surface area contributed by atoms with E-state index >= 15 is 0 Å². The van der Waals surface area contributed by atoms with Crippen LogP contribution in [0.3, 0.4) is 0 Å². The standard InChI is InChI=1S/C19H30N4O5S/c1-14(2)20-18(24)13-21-8-10-22(11-9-21)19(25)16-12-17(15(3)28-16)29(26,27)23-6-4-5-7-23/h12,14H,4-11,13H2,1-3H3,(H,20,24). The molecule has 0 atom stereocenters. The van der Waals surface area contributed by atoms with Gasteiger partial charge in [0.05, 0.1) is 6.54 Å². The third-order valence-electron chi connectivity index (χ3n) is 5.24. The van der Waals surface area contributed by atoms with E-state index in [2.05, 4.69) is 5.32 Å². The summed E-state index contributed by atoms with van der Waals surface area (Å²) in [7, 11) is -3.63. The monoisotopic (exact) mass is 426 g/mol. The van der Waals surface area contributed by atoms with Crippen LogP contribution in [-0.2, 0) is 14.8 Å². The fourth-order valence-corrected chi connectivity index (χ4v) is 5.41. The minimum absolute atomic E-state index is 0.0294. The third kappa shape index (κ3) is 4.99. The Morgan fingerprint density at radius 3 is 2.31 bits per heavy atom. The van der Waals surface area contributed by atoms with Crippen LogP contribution in [0.1, 0.15) is 43.0 Å². The van der Waals surface area contributed by atoms with Crippen molar-refractivity contribution in [3.63, 3.8) is 0 Å². The Morgan fingerprint density at radius 1 is 1.10 bits per heavy atom. The zero-order valence-corrected chi connectivity index (χ0v) is 18.1. The molecule has 0 unspecified atom stereocenters. The number of amides is 2. The molecule has 0 aliphatic carbocycles. The lowest BCUT2D eigenvalue weighted by Crippen LogP contribution is -2.51. The maximum absolute atomic E-state index is 12.8. The Hall–Kier alpha value is -1.91. The number of sulfonamides is 1. The number of hydrogen-bond acceptors (Lipinski definition) is 6. The fourth-order valence-electron chi connectivity index (χ4n) is 3.73. The minimum atomic E-state index is -3.63. The Balaban J connectivity index is 1.61. The van der Waals surface area contributed by atoms with Gasteiger partial charge in [-0.25, -0.2) is 8.42 Å². The third-order valence-corrected chi connectivity index (χ3v) is 7.25. The van der Waals surface area contributed by atoms with Crippen LogP contribution in [0.4, 0.5) is 0 Å². The van der Waals surface area contributed by atoms with Gasteiger partial charge in [0.25, 0.3) is 5.91 Å². The average molecular weight is 427 g/mol. The molecule has 0 bridgehead atoms. The van der Waals surface area contributed by atoms with Crippen molar-refractivity contribution >= 4 is 21.8 Å². The molecule has 0 saturated carbocycles. The minimum Gasteiger partial charge on any atom is -0.455 e. The molecule has 2 saturated heterocycles. The van der Waals surface area contributed by atoms with Gasteiger partial charge in [-0.05, 0) is 33.6 Å². The first-order valence-electron chi connectivity index (χ1n) is 10.1. The van der Waals surface area contributed by atoms with Gasteiger partial charge in [-0.2, -0.15) is 4.31 Å². The fraction of sp³-hybridized carbons (Fsp3) is 0.684. The summed E-state index contributed by atoms with van der Waals surface area (Å²) in [4.78, 5) is 28.4. The highest BCUT2D eigenvalue weighted by Crippen LogP contribution is 2.27. The van der Waals surface area contributed by atoms with Gasteiger partial charge in [-0.15, -0.1) is 0 Å². The number of nitrogens with one attached hydrogen (secondary N) is 1. The van der Waals surface area contributed by atoms with Crippen molar-refractivity contribution in [3.05, 3.63) is 17.6 Å². The highest BCUT2D eigenvalue weighted by molar-refractivity contribution is 7.89. The summed E-state index contributed by atoms with van der Waals surface area (Å²) in [6.07, 6.45) is 1.70. The Kier molecular flexibility index (Phi) is 6.65. The van der Waals surface area contributed by atoms with E-state index in [9.17, 15) is 18.0 Å². The average Bonchev–Trinajstić information content (AvgIpc) is 3.31. The SMILES string of the molecule is Cc1oc(C(=O)N2CCN(CC(=O)NC(C)C)CC2)cc1S(=O)(=O)N1CCCC1. The molecule has 2 aliphatic heterocycles. The second kappa shape index (κ2) is 8.85. The van der Waals surface area contributed by atoms with Crippen molar-refractivity contribution in [1.29, 1.82) is 0 Å². The summed E-state index contributed by atoms with van der Waals surface area (Å²) >= 11 is 0. The highest BCUT2D eigenvalue weighted by Gasteiger charge is 2.33. The number of carbonyl (C=O) groups is 2. The van der Waals surface area contributed by atoms with Crippen LogP contribution < -0.4 is 5.32 Å². The predicted molar refractivity (Wildman–Crippen MR) is 107 cm³/mol. The second-order valence-electron chi connectivity index (χ2n) is 7.93. The van der Waals surface area contributed by atoms with Gasteiger partial charge in [-0.3, -0.25) is 14.5 Å². The van der Waals surface area contributed by atoms with Gasteiger partial charge < -0.3 is 14.6 Å². The smallest absolute Gasteiger partial charge is 0.289 e. The van der Waals surface area contributed by atoms with Crippen LogP contribution in [-0.4, -0.2) is 86.2 Å². The van der Waals surface area contributed by atoms with Crippen LogP contribution in [0.5, 0.6) is 0 Å². The van der Waals surface area contributed by atoms with Crippen molar-refractivity contribution in [3.8, 4) is 0 Å². The van der Waals surface area contributed by atoms with Crippen LogP contribution >= 0.6 is 0 Å². The molecular weight excluding hydrogens is 396 g/mol. The first kappa shape index (κ1) is 21.8. The van der Waals surface area contributed by atoms with Crippen molar-refractivity contribution in [2.75, 3.05) is 45.8 Å². The summed E-state index contributed by atoms with van der Waals surface area (Å²) in [5.41, 5.74) is 0. The quantitative estimate of drug-likeness (QED) is 0.717. The molecule has 1 aromatic rings. The lowest BCUT2D eigenvalue weighted by molar-refractivity contribution is -0.123. The number of rotatable bonds is 6. The molecule has 2 amide bonds. The van der Waals surface area contributed by atoms with E-state index in [0.29, 0.717) is 45.8 Å². The molecule has 3 rings (SSSR count). The molecule has 9 nitrogen and oxygen atoms in total.